The molecule has 4 heteroatoms. The second-order valence-electron chi connectivity index (χ2n) is 4.94. The van der Waals surface area contributed by atoms with E-state index in [1.54, 1.807) is 0 Å². The molecule has 0 bridgehead atoms. The number of piperidine rings is 1. The van der Waals surface area contributed by atoms with E-state index in [2.05, 4.69) is 17.3 Å². The fourth-order valence-corrected chi connectivity index (χ4v) is 2.38. The third kappa shape index (κ3) is 4.94. The van der Waals surface area contributed by atoms with Gasteiger partial charge >= 0.3 is 0 Å². The van der Waals surface area contributed by atoms with Crippen LogP contribution in [0.2, 0.25) is 0 Å². The van der Waals surface area contributed by atoms with Gasteiger partial charge in [-0.15, -0.1) is 0 Å². The van der Waals surface area contributed by atoms with Gasteiger partial charge in [0.05, 0.1) is 0 Å². The van der Waals surface area contributed by atoms with Crippen LogP contribution in [-0.2, 0) is 4.79 Å². The van der Waals surface area contributed by atoms with Crippen molar-refractivity contribution in [2.24, 2.45) is 5.73 Å². The zero-order valence-electron chi connectivity index (χ0n) is 10.5. The van der Waals surface area contributed by atoms with Gasteiger partial charge in [-0.25, -0.2) is 0 Å². The number of carbonyl (C=O) groups excluding carboxylic acids is 1. The summed E-state index contributed by atoms with van der Waals surface area (Å²) in [5.41, 5.74) is 5.14. The molecule has 1 amide bonds. The van der Waals surface area contributed by atoms with Gasteiger partial charge in [-0.2, -0.15) is 0 Å². The smallest absolute Gasteiger partial charge is 0.218 e. The third-order valence-corrected chi connectivity index (χ3v) is 3.40. The number of primary amides is 1. The minimum absolute atomic E-state index is 0.200. The first-order chi connectivity index (χ1) is 7.59. The lowest BCUT2D eigenvalue weighted by Crippen LogP contribution is -2.40. The van der Waals surface area contributed by atoms with E-state index in [0.29, 0.717) is 12.5 Å². The fraction of sp³-hybridized carbons (Fsp3) is 0.917. The molecule has 2 unspecified atom stereocenters. The average Bonchev–Trinajstić information content (AvgIpc) is 2.19. The van der Waals surface area contributed by atoms with Crippen LogP contribution in [0.5, 0.6) is 0 Å². The van der Waals surface area contributed by atoms with Crippen molar-refractivity contribution in [1.29, 1.82) is 0 Å². The summed E-state index contributed by atoms with van der Waals surface area (Å²) in [5, 5.41) is 3.35. The number of hydrogen-bond donors (Lipinski definition) is 2. The van der Waals surface area contributed by atoms with Crippen molar-refractivity contribution in [1.82, 2.24) is 10.2 Å². The monoisotopic (exact) mass is 227 g/mol. The Bertz CT molecular complexity index is 220. The van der Waals surface area contributed by atoms with Gasteiger partial charge in [0, 0.05) is 18.5 Å². The predicted octanol–water partition coefficient (Wildman–Crippen LogP) is 0.714. The van der Waals surface area contributed by atoms with E-state index < -0.39 is 0 Å². The molecule has 0 spiro atoms. The van der Waals surface area contributed by atoms with Gasteiger partial charge in [0.25, 0.3) is 0 Å². The number of nitrogens with two attached hydrogens (primary N) is 1. The molecule has 16 heavy (non-hydrogen) atoms. The Kier molecular flexibility index (Phi) is 5.77. The molecule has 1 aliphatic heterocycles. The number of nitrogens with zero attached hydrogens (tertiary/aromatic N) is 1. The Morgan fingerprint density at radius 2 is 2.31 bits per heavy atom. The maximum Gasteiger partial charge on any atom is 0.218 e. The highest BCUT2D eigenvalue weighted by molar-refractivity contribution is 5.74. The Morgan fingerprint density at radius 3 is 2.94 bits per heavy atom. The molecule has 1 saturated heterocycles. The van der Waals surface area contributed by atoms with Gasteiger partial charge < -0.3 is 16.0 Å². The standard InChI is InChI=1S/C12H25N3O/c1-10(9-12(13)16)14-7-6-11-5-3-4-8-15(11)2/h10-11,14H,3-9H2,1-2H3,(H2,13,16). The minimum Gasteiger partial charge on any atom is -0.370 e. The predicted molar refractivity (Wildman–Crippen MR) is 66.2 cm³/mol. The second-order valence-corrected chi connectivity index (χ2v) is 4.94. The van der Waals surface area contributed by atoms with Crippen LogP contribution in [0, 0.1) is 0 Å². The lowest BCUT2D eigenvalue weighted by molar-refractivity contribution is -0.118. The molecule has 1 heterocycles. The molecule has 0 aromatic carbocycles. The normalized spacial score (nSPS) is 24.2. The van der Waals surface area contributed by atoms with E-state index >= 15 is 0 Å². The number of hydrogen-bond acceptors (Lipinski definition) is 3. The molecule has 0 aromatic heterocycles. The van der Waals surface area contributed by atoms with Crippen molar-refractivity contribution in [2.75, 3.05) is 20.1 Å². The van der Waals surface area contributed by atoms with Gasteiger partial charge in [-0.3, -0.25) is 4.79 Å². The fourth-order valence-electron chi connectivity index (χ4n) is 2.38. The van der Waals surface area contributed by atoms with Crippen LogP contribution in [0.3, 0.4) is 0 Å². The van der Waals surface area contributed by atoms with Crippen molar-refractivity contribution in [2.45, 2.75) is 51.1 Å². The number of rotatable bonds is 6. The molecule has 0 aliphatic carbocycles. The molecular formula is C12H25N3O. The van der Waals surface area contributed by atoms with Gasteiger partial charge in [-0.05, 0) is 46.3 Å². The molecule has 3 N–H and O–H groups in total. The first-order valence-electron chi connectivity index (χ1n) is 6.31. The van der Waals surface area contributed by atoms with Gasteiger partial charge in [0.2, 0.25) is 5.91 Å². The summed E-state index contributed by atoms with van der Waals surface area (Å²) < 4.78 is 0. The Morgan fingerprint density at radius 1 is 1.56 bits per heavy atom. The summed E-state index contributed by atoms with van der Waals surface area (Å²) in [7, 11) is 2.21. The molecule has 0 saturated carbocycles. The zero-order chi connectivity index (χ0) is 12.0. The maximum atomic E-state index is 10.7. The van der Waals surface area contributed by atoms with Gasteiger partial charge in [0.15, 0.2) is 0 Å². The Balaban J connectivity index is 2.11. The highest BCUT2D eigenvalue weighted by Gasteiger charge is 2.18. The van der Waals surface area contributed by atoms with Crippen LogP contribution in [-0.4, -0.2) is 43.0 Å². The molecular weight excluding hydrogens is 202 g/mol. The van der Waals surface area contributed by atoms with Crippen molar-refractivity contribution in [3.8, 4) is 0 Å². The van der Waals surface area contributed by atoms with Crippen LogP contribution in [0.25, 0.3) is 0 Å². The Labute approximate surface area is 98.6 Å². The van der Waals surface area contributed by atoms with Crippen LogP contribution in [0.15, 0.2) is 0 Å². The number of amides is 1. The molecule has 2 atom stereocenters. The molecule has 1 rings (SSSR count). The number of likely N-dealkylation sites (tertiary alicyclic amines) is 1. The molecule has 1 aliphatic rings. The van der Waals surface area contributed by atoms with Crippen molar-refractivity contribution in [3.63, 3.8) is 0 Å². The highest BCUT2D eigenvalue weighted by Crippen LogP contribution is 2.17. The van der Waals surface area contributed by atoms with E-state index in [4.69, 9.17) is 5.73 Å². The highest BCUT2D eigenvalue weighted by atomic mass is 16.1. The summed E-state index contributed by atoms with van der Waals surface area (Å²) in [6.07, 6.45) is 5.59. The first kappa shape index (κ1) is 13.5. The average molecular weight is 227 g/mol. The molecule has 4 nitrogen and oxygen atoms in total. The number of carbonyl (C=O) groups is 1. The van der Waals surface area contributed by atoms with E-state index in [-0.39, 0.29) is 11.9 Å². The summed E-state index contributed by atoms with van der Waals surface area (Å²) in [5.74, 6) is -0.227. The van der Waals surface area contributed by atoms with Crippen LogP contribution in [0.4, 0.5) is 0 Å². The summed E-state index contributed by atoms with van der Waals surface area (Å²) in [6.45, 7) is 4.21. The van der Waals surface area contributed by atoms with Crippen molar-refractivity contribution >= 4 is 5.91 Å². The van der Waals surface area contributed by atoms with Crippen LogP contribution in [0.1, 0.15) is 39.0 Å². The quantitative estimate of drug-likeness (QED) is 0.703. The zero-order valence-corrected chi connectivity index (χ0v) is 10.5. The number of nitrogens with one attached hydrogen (secondary N) is 1. The first-order valence-corrected chi connectivity index (χ1v) is 6.31. The van der Waals surface area contributed by atoms with Crippen molar-refractivity contribution < 1.29 is 4.79 Å². The van der Waals surface area contributed by atoms with Crippen LogP contribution < -0.4 is 11.1 Å². The SMILES string of the molecule is CC(CC(N)=O)NCCC1CCCCN1C. The summed E-state index contributed by atoms with van der Waals surface area (Å²) in [4.78, 5) is 13.1. The third-order valence-electron chi connectivity index (χ3n) is 3.40. The van der Waals surface area contributed by atoms with E-state index in [1.807, 2.05) is 6.92 Å². The Hall–Kier alpha value is -0.610. The topological polar surface area (TPSA) is 58.4 Å². The van der Waals surface area contributed by atoms with Gasteiger partial charge in [0.1, 0.15) is 0 Å². The maximum absolute atomic E-state index is 10.7. The summed E-state index contributed by atoms with van der Waals surface area (Å²) >= 11 is 0. The lowest BCUT2D eigenvalue weighted by Gasteiger charge is -2.32. The largest absolute Gasteiger partial charge is 0.370 e. The van der Waals surface area contributed by atoms with Crippen molar-refractivity contribution in [3.05, 3.63) is 0 Å². The minimum atomic E-state index is -0.227. The van der Waals surface area contributed by atoms with E-state index in [1.165, 1.54) is 32.2 Å². The molecule has 1 fully saturated rings. The van der Waals surface area contributed by atoms with E-state index in [0.717, 1.165) is 6.54 Å². The van der Waals surface area contributed by atoms with E-state index in [9.17, 15) is 4.79 Å². The molecule has 0 radical (unpaired) electrons. The lowest BCUT2D eigenvalue weighted by atomic mass is 10.00. The van der Waals surface area contributed by atoms with Crippen LogP contribution >= 0.6 is 0 Å². The molecule has 94 valence electrons. The summed E-state index contributed by atoms with van der Waals surface area (Å²) in [6, 6.07) is 0.911. The van der Waals surface area contributed by atoms with Gasteiger partial charge in [-0.1, -0.05) is 6.42 Å². The second kappa shape index (κ2) is 6.86. The molecule has 0 aromatic rings.